The van der Waals surface area contributed by atoms with Gasteiger partial charge in [-0.25, -0.2) is 0 Å². The summed E-state index contributed by atoms with van der Waals surface area (Å²) in [4.78, 5) is 4.67. The van der Waals surface area contributed by atoms with Crippen LogP contribution in [0, 0.1) is 36.5 Å². The van der Waals surface area contributed by atoms with Crippen LogP contribution >= 0.6 is 0 Å². The summed E-state index contributed by atoms with van der Waals surface area (Å²) in [5.74, 6) is 0. The first-order chi connectivity index (χ1) is 23.5. The lowest BCUT2D eigenvalue weighted by Crippen LogP contribution is -2.27. The number of nitrogens with zero attached hydrogens (tertiary/aromatic N) is 4. The first kappa shape index (κ1) is 29.1. The van der Waals surface area contributed by atoms with Gasteiger partial charge in [-0.05, 0) is 127 Å². The van der Waals surface area contributed by atoms with Gasteiger partial charge in [0.1, 0.15) is 0 Å². The lowest BCUT2D eigenvalue weighted by atomic mass is 9.87. The highest BCUT2D eigenvalue weighted by Gasteiger charge is 2.24. The highest BCUT2D eigenvalue weighted by molar-refractivity contribution is 6.17. The second-order valence-electron chi connectivity index (χ2n) is 12.5. The molecule has 4 heteroatoms. The Bertz CT molecular complexity index is 2460. The third-order valence-electron chi connectivity index (χ3n) is 9.52. The summed E-state index contributed by atoms with van der Waals surface area (Å²) in [7, 11) is 0. The standard InChI is InChI=1S/C44H32N4/c1-29-3-15-35(16-4-29)47(37-19-7-31(27-45)8-20-37)41-25-13-33-12-24-40-42(26-14-34-11-23-39(41)43(33)44(34)40)48(36-17-5-30(2)6-18-36)38-21-9-32(28-46)10-22-38/h3-13,15-25H,14,26H2,1-2H3. The fourth-order valence-corrected chi connectivity index (χ4v) is 7.11. The SMILES string of the molecule is Cc1ccc(N(C2=c3ccc4ccc(N(c5ccc(C)cc5)c5ccc(C#N)cc5)c5ccc(c3c45)CC2)c2ccc(C#N)cc2)cc1. The molecule has 228 valence electrons. The summed E-state index contributed by atoms with van der Waals surface area (Å²) in [6.07, 6.45) is 1.82. The molecule has 0 saturated carbocycles. The van der Waals surface area contributed by atoms with Crippen LogP contribution in [0.1, 0.15) is 34.2 Å². The van der Waals surface area contributed by atoms with Crippen molar-refractivity contribution >= 4 is 55.7 Å². The first-order valence-corrected chi connectivity index (χ1v) is 16.3. The van der Waals surface area contributed by atoms with Gasteiger partial charge in [-0.3, -0.25) is 0 Å². The highest BCUT2D eigenvalue weighted by atomic mass is 15.2. The fourth-order valence-electron chi connectivity index (χ4n) is 7.11. The molecule has 8 rings (SSSR count). The van der Waals surface area contributed by atoms with Crippen molar-refractivity contribution < 1.29 is 0 Å². The minimum atomic E-state index is 0.638. The summed E-state index contributed by atoms with van der Waals surface area (Å²) in [6.45, 7) is 4.22. The van der Waals surface area contributed by atoms with Crippen molar-refractivity contribution in [3.05, 3.63) is 166 Å². The highest BCUT2D eigenvalue weighted by Crippen LogP contribution is 2.43. The predicted molar refractivity (Wildman–Crippen MR) is 197 cm³/mol. The Morgan fingerprint density at radius 3 is 1.52 bits per heavy atom. The molecule has 0 atom stereocenters. The number of nitriles is 2. The molecule has 7 aromatic rings. The molecule has 0 aromatic heterocycles. The van der Waals surface area contributed by atoms with Gasteiger partial charge in [-0.15, -0.1) is 0 Å². The van der Waals surface area contributed by atoms with Gasteiger partial charge in [-0.1, -0.05) is 65.7 Å². The molecule has 0 aliphatic heterocycles. The van der Waals surface area contributed by atoms with Crippen molar-refractivity contribution in [3.8, 4) is 12.1 Å². The van der Waals surface area contributed by atoms with Gasteiger partial charge >= 0.3 is 0 Å². The lowest BCUT2D eigenvalue weighted by molar-refractivity contribution is 0.973. The average molecular weight is 617 g/mol. The van der Waals surface area contributed by atoms with Crippen LogP contribution in [0.25, 0.3) is 27.2 Å². The molecule has 0 radical (unpaired) electrons. The number of hydrogen-bond donors (Lipinski definition) is 0. The van der Waals surface area contributed by atoms with E-state index >= 15 is 0 Å². The number of hydrogen-bond acceptors (Lipinski definition) is 4. The van der Waals surface area contributed by atoms with Crippen LogP contribution in [0.15, 0.2) is 133 Å². The average Bonchev–Trinajstić information content (AvgIpc) is 3.14. The van der Waals surface area contributed by atoms with E-state index in [0.29, 0.717) is 11.1 Å². The third kappa shape index (κ3) is 4.92. The van der Waals surface area contributed by atoms with E-state index in [9.17, 15) is 10.5 Å². The van der Waals surface area contributed by atoms with Gasteiger partial charge < -0.3 is 9.80 Å². The van der Waals surface area contributed by atoms with E-state index in [1.165, 1.54) is 49.2 Å². The van der Waals surface area contributed by atoms with Gasteiger partial charge in [0.25, 0.3) is 0 Å². The van der Waals surface area contributed by atoms with Crippen molar-refractivity contribution in [2.45, 2.75) is 26.7 Å². The summed E-state index contributed by atoms with van der Waals surface area (Å²) >= 11 is 0. The zero-order valence-corrected chi connectivity index (χ0v) is 26.9. The van der Waals surface area contributed by atoms with E-state index in [-0.39, 0.29) is 0 Å². The van der Waals surface area contributed by atoms with Crippen molar-refractivity contribution in [2.24, 2.45) is 0 Å². The molecule has 0 saturated heterocycles. The van der Waals surface area contributed by atoms with Crippen molar-refractivity contribution in [3.63, 3.8) is 0 Å². The quantitative estimate of drug-likeness (QED) is 0.187. The molecule has 48 heavy (non-hydrogen) atoms. The van der Waals surface area contributed by atoms with Crippen LogP contribution < -0.4 is 15.0 Å². The minimum absolute atomic E-state index is 0.638. The molecule has 0 N–H and O–H groups in total. The smallest absolute Gasteiger partial charge is 0.0991 e. The van der Waals surface area contributed by atoms with Gasteiger partial charge in [0, 0.05) is 39.1 Å². The summed E-state index contributed by atoms with van der Waals surface area (Å²) in [5.41, 5.74) is 11.6. The summed E-state index contributed by atoms with van der Waals surface area (Å²) in [5, 5.41) is 25.2. The number of aryl methyl sites for hydroxylation is 3. The molecular formula is C44H32N4. The predicted octanol–water partition coefficient (Wildman–Crippen LogP) is 10.4. The van der Waals surface area contributed by atoms with Gasteiger partial charge in [-0.2, -0.15) is 10.5 Å². The van der Waals surface area contributed by atoms with Crippen LogP contribution in [0.3, 0.4) is 0 Å². The molecule has 1 aliphatic carbocycles. The second kappa shape index (κ2) is 11.8. The monoisotopic (exact) mass is 616 g/mol. The van der Waals surface area contributed by atoms with E-state index in [1.54, 1.807) is 0 Å². The Morgan fingerprint density at radius 1 is 0.479 bits per heavy atom. The van der Waals surface area contributed by atoms with Crippen molar-refractivity contribution in [2.75, 3.05) is 9.80 Å². The summed E-state index contributed by atoms with van der Waals surface area (Å²) in [6, 6.07) is 51.2. The van der Waals surface area contributed by atoms with Crippen LogP contribution in [-0.2, 0) is 6.42 Å². The zero-order valence-electron chi connectivity index (χ0n) is 26.9. The number of benzene rings is 7. The van der Waals surface area contributed by atoms with Gasteiger partial charge in [0.15, 0.2) is 0 Å². The fraction of sp³-hybridized carbons (Fsp3) is 0.0909. The van der Waals surface area contributed by atoms with E-state index in [1.807, 2.05) is 36.4 Å². The van der Waals surface area contributed by atoms with Gasteiger partial charge in [0.05, 0.1) is 29.0 Å². The second-order valence-corrected chi connectivity index (χ2v) is 12.5. The van der Waals surface area contributed by atoms with Crippen molar-refractivity contribution in [1.29, 1.82) is 10.5 Å². The van der Waals surface area contributed by atoms with E-state index in [2.05, 4.69) is 133 Å². The van der Waals surface area contributed by atoms with Gasteiger partial charge in [0.2, 0.25) is 0 Å². The molecule has 1 aliphatic rings. The molecule has 4 nitrogen and oxygen atoms in total. The maximum Gasteiger partial charge on any atom is 0.0991 e. The largest absolute Gasteiger partial charge is 0.314 e. The Kier molecular flexibility index (Phi) is 7.13. The molecule has 0 unspecified atom stereocenters. The number of rotatable bonds is 6. The van der Waals surface area contributed by atoms with E-state index in [4.69, 9.17) is 0 Å². The van der Waals surface area contributed by atoms with E-state index in [0.717, 1.165) is 41.3 Å². The maximum absolute atomic E-state index is 9.50. The Labute approximate surface area is 280 Å². The Balaban J connectivity index is 1.40. The minimum Gasteiger partial charge on any atom is -0.314 e. The summed E-state index contributed by atoms with van der Waals surface area (Å²) < 4.78 is 0. The topological polar surface area (TPSA) is 54.1 Å². The van der Waals surface area contributed by atoms with E-state index < -0.39 is 0 Å². The molecule has 7 aromatic carbocycles. The van der Waals surface area contributed by atoms with Crippen LogP contribution in [0.5, 0.6) is 0 Å². The molecule has 0 spiro atoms. The third-order valence-corrected chi connectivity index (χ3v) is 9.52. The van der Waals surface area contributed by atoms with Crippen LogP contribution in [-0.4, -0.2) is 0 Å². The lowest BCUT2D eigenvalue weighted by Gasteiger charge is -2.32. The van der Waals surface area contributed by atoms with Crippen molar-refractivity contribution in [1.82, 2.24) is 0 Å². The molecule has 0 fully saturated rings. The van der Waals surface area contributed by atoms with Crippen LogP contribution in [0.2, 0.25) is 0 Å². The van der Waals surface area contributed by atoms with Crippen LogP contribution in [0.4, 0.5) is 28.4 Å². The Hall–Kier alpha value is -6.36. The zero-order chi connectivity index (χ0) is 32.8. The normalized spacial score (nSPS) is 12.1. The molecule has 0 bridgehead atoms. The number of anilines is 5. The molecular weight excluding hydrogens is 585 g/mol. The molecule has 0 amide bonds. The molecule has 0 heterocycles. The Morgan fingerprint density at radius 2 is 0.979 bits per heavy atom. The maximum atomic E-state index is 9.50. The first-order valence-electron chi connectivity index (χ1n) is 16.3.